The average molecular weight is 335 g/mol. The minimum Gasteiger partial charge on any atom is -0.445 e. The first kappa shape index (κ1) is 20.0. The summed E-state index contributed by atoms with van der Waals surface area (Å²) in [6, 6.07) is 9.49. The van der Waals surface area contributed by atoms with Gasteiger partial charge in [-0.3, -0.25) is 4.79 Å². The quantitative estimate of drug-likeness (QED) is 0.512. The number of rotatable bonds is 12. The van der Waals surface area contributed by atoms with Gasteiger partial charge < -0.3 is 20.7 Å². The molecule has 0 aliphatic rings. The van der Waals surface area contributed by atoms with Crippen LogP contribution in [0.25, 0.3) is 0 Å². The molecule has 0 unspecified atom stereocenters. The van der Waals surface area contributed by atoms with Crippen LogP contribution in [0.5, 0.6) is 0 Å². The highest BCUT2D eigenvalue weighted by Crippen LogP contribution is 2.00. The number of hydrogen-bond donors (Lipinski definition) is 3. The number of unbranched alkanes of at least 4 members (excludes halogenated alkanes) is 2. The minimum atomic E-state index is -0.475. The highest BCUT2D eigenvalue weighted by molar-refractivity contribution is 5.75. The largest absolute Gasteiger partial charge is 0.445 e. The number of benzene rings is 1. The van der Waals surface area contributed by atoms with Gasteiger partial charge in [0.1, 0.15) is 6.61 Å². The molecule has 24 heavy (non-hydrogen) atoms. The van der Waals surface area contributed by atoms with Crippen molar-refractivity contribution in [3.63, 3.8) is 0 Å². The van der Waals surface area contributed by atoms with E-state index >= 15 is 0 Å². The third-order valence-corrected chi connectivity index (χ3v) is 3.44. The number of carbonyl (C=O) groups excluding carboxylic acids is 2. The molecule has 0 saturated heterocycles. The fraction of sp³-hybridized carbons (Fsp3) is 0.556. The smallest absolute Gasteiger partial charge is 0.407 e. The van der Waals surface area contributed by atoms with E-state index in [1.54, 1.807) is 0 Å². The van der Waals surface area contributed by atoms with Crippen LogP contribution in [0.4, 0.5) is 4.79 Å². The summed E-state index contributed by atoms with van der Waals surface area (Å²) in [6.45, 7) is 5.09. The monoisotopic (exact) mass is 335 g/mol. The van der Waals surface area contributed by atoms with Crippen LogP contribution in [0.15, 0.2) is 30.3 Å². The first-order valence-corrected chi connectivity index (χ1v) is 8.64. The van der Waals surface area contributed by atoms with Crippen LogP contribution in [-0.4, -0.2) is 38.2 Å². The number of hydrogen-bond acceptors (Lipinski definition) is 4. The van der Waals surface area contributed by atoms with Gasteiger partial charge in [0, 0.05) is 19.5 Å². The van der Waals surface area contributed by atoms with Gasteiger partial charge in [-0.1, -0.05) is 43.7 Å². The van der Waals surface area contributed by atoms with Crippen molar-refractivity contribution in [3.05, 3.63) is 35.9 Å². The molecule has 0 aromatic heterocycles. The highest BCUT2D eigenvalue weighted by atomic mass is 16.5. The van der Waals surface area contributed by atoms with Gasteiger partial charge in [-0.2, -0.15) is 0 Å². The van der Waals surface area contributed by atoms with Crippen molar-refractivity contribution in [1.29, 1.82) is 0 Å². The maximum atomic E-state index is 11.6. The van der Waals surface area contributed by atoms with E-state index in [9.17, 15) is 9.59 Å². The predicted molar refractivity (Wildman–Crippen MR) is 94.7 cm³/mol. The predicted octanol–water partition coefficient (Wildman–Crippen LogP) is 2.20. The zero-order valence-corrected chi connectivity index (χ0v) is 14.5. The van der Waals surface area contributed by atoms with Crippen molar-refractivity contribution in [1.82, 2.24) is 16.0 Å². The lowest BCUT2D eigenvalue weighted by Crippen LogP contribution is -2.34. The van der Waals surface area contributed by atoms with Crippen molar-refractivity contribution in [2.45, 2.75) is 39.2 Å². The fourth-order valence-corrected chi connectivity index (χ4v) is 2.12. The Morgan fingerprint density at radius 1 is 0.958 bits per heavy atom. The molecule has 0 atom stereocenters. The zero-order chi connectivity index (χ0) is 17.5. The van der Waals surface area contributed by atoms with Crippen LogP contribution in [0.2, 0.25) is 0 Å². The molecule has 0 aliphatic heterocycles. The topological polar surface area (TPSA) is 79.5 Å². The summed E-state index contributed by atoms with van der Waals surface area (Å²) in [7, 11) is 0. The van der Waals surface area contributed by atoms with E-state index in [0.29, 0.717) is 19.5 Å². The van der Waals surface area contributed by atoms with Crippen LogP contribution >= 0.6 is 0 Å². The molecule has 1 rings (SSSR count). The Bertz CT molecular complexity index is 466. The van der Waals surface area contributed by atoms with Crippen LogP contribution in [0.1, 0.15) is 38.2 Å². The summed E-state index contributed by atoms with van der Waals surface area (Å²) in [4.78, 5) is 23.1. The van der Waals surface area contributed by atoms with Crippen molar-refractivity contribution in [2.75, 3.05) is 26.2 Å². The van der Waals surface area contributed by atoms with E-state index in [-0.39, 0.29) is 12.5 Å². The maximum Gasteiger partial charge on any atom is 0.407 e. The van der Waals surface area contributed by atoms with Gasteiger partial charge in [0.15, 0.2) is 0 Å². The maximum absolute atomic E-state index is 11.6. The molecular weight excluding hydrogens is 306 g/mol. The Balaban J connectivity index is 1.94. The summed E-state index contributed by atoms with van der Waals surface area (Å²) >= 11 is 0. The van der Waals surface area contributed by atoms with Crippen LogP contribution in [0.3, 0.4) is 0 Å². The second-order valence-corrected chi connectivity index (χ2v) is 5.50. The fourth-order valence-electron chi connectivity index (χ4n) is 2.12. The van der Waals surface area contributed by atoms with Gasteiger partial charge in [0.2, 0.25) is 5.91 Å². The molecule has 6 nitrogen and oxygen atoms in total. The molecule has 1 aromatic carbocycles. The molecule has 0 saturated carbocycles. The Morgan fingerprint density at radius 3 is 2.46 bits per heavy atom. The number of alkyl carbamates (subject to hydrolysis) is 1. The summed E-state index contributed by atoms with van der Waals surface area (Å²) in [5.41, 5.74) is 0.940. The lowest BCUT2D eigenvalue weighted by atomic mass is 10.2. The number of carbonyl (C=O) groups is 2. The molecule has 0 radical (unpaired) electrons. The molecule has 0 aliphatic carbocycles. The molecule has 0 fully saturated rings. The minimum absolute atomic E-state index is 0.0258. The van der Waals surface area contributed by atoms with Crippen LogP contribution in [0, 0.1) is 0 Å². The number of amides is 2. The molecule has 0 bridgehead atoms. The molecule has 0 heterocycles. The van der Waals surface area contributed by atoms with Crippen molar-refractivity contribution in [3.8, 4) is 0 Å². The number of nitrogens with one attached hydrogen (secondary N) is 3. The van der Waals surface area contributed by atoms with Crippen molar-refractivity contribution >= 4 is 12.0 Å². The highest BCUT2D eigenvalue weighted by Gasteiger charge is 2.03. The number of ether oxygens (including phenoxy) is 1. The molecule has 6 heteroatoms. The average Bonchev–Trinajstić information content (AvgIpc) is 2.61. The third-order valence-electron chi connectivity index (χ3n) is 3.44. The van der Waals surface area contributed by atoms with E-state index in [0.717, 1.165) is 37.9 Å². The van der Waals surface area contributed by atoms with E-state index in [4.69, 9.17) is 4.74 Å². The normalized spacial score (nSPS) is 10.2. The summed E-state index contributed by atoms with van der Waals surface area (Å²) in [5.74, 6) is 0.0258. The molecule has 0 spiro atoms. The lowest BCUT2D eigenvalue weighted by molar-refractivity contribution is -0.121. The van der Waals surface area contributed by atoms with Gasteiger partial charge in [0.05, 0.1) is 0 Å². The Labute approximate surface area is 144 Å². The summed E-state index contributed by atoms with van der Waals surface area (Å²) in [5, 5.41) is 8.66. The standard InChI is InChI=1S/C18H29N3O3/c1-2-19-12-8-4-7-11-17(22)20-13-14-21-18(23)24-15-16-9-5-3-6-10-16/h3,5-6,9-10,19H,2,4,7-8,11-15H2,1H3,(H,20,22)(H,21,23). The first-order chi connectivity index (χ1) is 11.7. The molecule has 134 valence electrons. The molecule has 2 amide bonds. The Morgan fingerprint density at radius 2 is 1.71 bits per heavy atom. The van der Waals surface area contributed by atoms with Gasteiger partial charge in [-0.15, -0.1) is 0 Å². The van der Waals surface area contributed by atoms with E-state index in [1.807, 2.05) is 30.3 Å². The first-order valence-electron chi connectivity index (χ1n) is 8.64. The molecule has 1 aromatic rings. The SMILES string of the molecule is CCNCCCCCC(=O)NCCNC(=O)OCc1ccccc1. The Kier molecular flexibility index (Phi) is 11.1. The zero-order valence-electron chi connectivity index (χ0n) is 14.5. The lowest BCUT2D eigenvalue weighted by Gasteiger charge is -2.08. The van der Waals surface area contributed by atoms with Gasteiger partial charge >= 0.3 is 6.09 Å². The van der Waals surface area contributed by atoms with Crippen molar-refractivity contribution in [2.24, 2.45) is 0 Å². The van der Waals surface area contributed by atoms with Crippen LogP contribution < -0.4 is 16.0 Å². The van der Waals surface area contributed by atoms with E-state index in [1.165, 1.54) is 0 Å². The van der Waals surface area contributed by atoms with Crippen LogP contribution in [-0.2, 0) is 16.1 Å². The summed E-state index contributed by atoms with van der Waals surface area (Å²) < 4.78 is 5.08. The van der Waals surface area contributed by atoms with Gasteiger partial charge in [-0.25, -0.2) is 4.79 Å². The summed E-state index contributed by atoms with van der Waals surface area (Å²) in [6.07, 6.45) is 3.09. The second-order valence-electron chi connectivity index (χ2n) is 5.50. The van der Waals surface area contributed by atoms with Gasteiger partial charge in [0.25, 0.3) is 0 Å². The van der Waals surface area contributed by atoms with E-state index < -0.39 is 6.09 Å². The molecule has 3 N–H and O–H groups in total. The van der Waals surface area contributed by atoms with Gasteiger partial charge in [-0.05, 0) is 31.5 Å². The molecular formula is C18H29N3O3. The second kappa shape index (κ2) is 13.4. The third kappa shape index (κ3) is 10.6. The Hall–Kier alpha value is -2.08. The van der Waals surface area contributed by atoms with E-state index in [2.05, 4.69) is 22.9 Å². The van der Waals surface area contributed by atoms with Crippen molar-refractivity contribution < 1.29 is 14.3 Å².